The van der Waals surface area contributed by atoms with E-state index in [0.29, 0.717) is 5.69 Å². The molecule has 0 aromatic carbocycles. The highest BCUT2D eigenvalue weighted by molar-refractivity contribution is 6.33. The Bertz CT molecular complexity index is 495. The van der Waals surface area contributed by atoms with Crippen molar-refractivity contribution in [3.8, 4) is 5.69 Å². The summed E-state index contributed by atoms with van der Waals surface area (Å²) < 4.78 is 1.51. The van der Waals surface area contributed by atoms with Crippen LogP contribution in [0.3, 0.4) is 0 Å². The molecule has 0 aliphatic carbocycles. The number of nitrogens with zero attached hydrogens (tertiary/aromatic N) is 3. The molecule has 2 N–H and O–H groups in total. The minimum absolute atomic E-state index is 0.0792. The number of aromatic nitrogens is 3. The third kappa shape index (κ3) is 1.69. The summed E-state index contributed by atoms with van der Waals surface area (Å²) in [5, 5.41) is 4.07. The molecular formula is C9H7ClN4O. The normalized spacial score (nSPS) is 10.2. The van der Waals surface area contributed by atoms with E-state index in [2.05, 4.69) is 10.1 Å². The summed E-state index contributed by atoms with van der Waals surface area (Å²) in [7, 11) is 0. The number of primary amides is 1. The number of carbonyl (C=O) groups is 1. The number of hydrogen-bond donors (Lipinski definition) is 1. The van der Waals surface area contributed by atoms with Gasteiger partial charge in [0.05, 0.1) is 5.69 Å². The van der Waals surface area contributed by atoms with Gasteiger partial charge < -0.3 is 5.73 Å². The van der Waals surface area contributed by atoms with Crippen molar-refractivity contribution in [1.82, 2.24) is 14.8 Å². The molecule has 1 amide bonds. The van der Waals surface area contributed by atoms with Gasteiger partial charge in [0.1, 0.15) is 10.7 Å². The Balaban J connectivity index is 2.66. The van der Waals surface area contributed by atoms with Crippen LogP contribution >= 0.6 is 11.6 Å². The quantitative estimate of drug-likeness (QED) is 0.771. The summed E-state index contributed by atoms with van der Waals surface area (Å²) in [6.45, 7) is 0. The second-order valence-corrected chi connectivity index (χ2v) is 3.17. The zero-order chi connectivity index (χ0) is 10.8. The zero-order valence-corrected chi connectivity index (χ0v) is 8.35. The average Bonchev–Trinajstić information content (AvgIpc) is 2.69. The molecule has 2 rings (SSSR count). The van der Waals surface area contributed by atoms with Crippen molar-refractivity contribution in [2.45, 2.75) is 0 Å². The summed E-state index contributed by atoms with van der Waals surface area (Å²) in [6, 6.07) is 3.36. The smallest absolute Gasteiger partial charge is 0.254 e. The van der Waals surface area contributed by atoms with Crippen LogP contribution in [0.25, 0.3) is 5.69 Å². The van der Waals surface area contributed by atoms with Crippen molar-refractivity contribution >= 4 is 17.5 Å². The second-order valence-electron chi connectivity index (χ2n) is 2.81. The fourth-order valence-electron chi connectivity index (χ4n) is 1.26. The van der Waals surface area contributed by atoms with E-state index in [1.807, 2.05) is 0 Å². The minimum atomic E-state index is -0.626. The van der Waals surface area contributed by atoms with Gasteiger partial charge in [0.15, 0.2) is 0 Å². The zero-order valence-electron chi connectivity index (χ0n) is 7.59. The van der Waals surface area contributed by atoms with Crippen LogP contribution < -0.4 is 5.73 Å². The van der Waals surface area contributed by atoms with Crippen molar-refractivity contribution in [3.63, 3.8) is 0 Å². The van der Waals surface area contributed by atoms with E-state index < -0.39 is 5.91 Å². The van der Waals surface area contributed by atoms with Gasteiger partial charge in [-0.25, -0.2) is 9.67 Å². The number of pyridine rings is 1. The Morgan fingerprint density at radius 3 is 2.87 bits per heavy atom. The fraction of sp³-hybridized carbons (Fsp3) is 0. The van der Waals surface area contributed by atoms with Crippen molar-refractivity contribution in [1.29, 1.82) is 0 Å². The molecule has 2 aromatic heterocycles. The van der Waals surface area contributed by atoms with Crippen LogP contribution in [-0.4, -0.2) is 20.7 Å². The maximum Gasteiger partial charge on any atom is 0.254 e. The lowest BCUT2D eigenvalue weighted by molar-refractivity contribution is 0.1000. The molecule has 76 valence electrons. The fourth-order valence-corrected chi connectivity index (χ4v) is 1.50. The molecule has 0 spiro atoms. The van der Waals surface area contributed by atoms with Crippen LogP contribution in [0.15, 0.2) is 30.7 Å². The predicted octanol–water partition coefficient (Wildman–Crippen LogP) is 1.02. The van der Waals surface area contributed by atoms with Crippen molar-refractivity contribution in [2.24, 2.45) is 5.73 Å². The molecule has 6 heteroatoms. The van der Waals surface area contributed by atoms with Crippen molar-refractivity contribution in [2.75, 3.05) is 0 Å². The second kappa shape index (κ2) is 3.70. The number of amides is 1. The number of carbonyl (C=O) groups excluding carboxylic acids is 1. The molecule has 0 radical (unpaired) electrons. The predicted molar refractivity (Wildman–Crippen MR) is 54.9 cm³/mol. The van der Waals surface area contributed by atoms with Crippen LogP contribution in [0.2, 0.25) is 5.15 Å². The average molecular weight is 223 g/mol. The largest absolute Gasteiger partial charge is 0.365 e. The number of halogens is 1. The van der Waals surface area contributed by atoms with E-state index in [0.717, 1.165) is 0 Å². The first kappa shape index (κ1) is 9.67. The minimum Gasteiger partial charge on any atom is -0.365 e. The molecule has 2 heterocycles. The Labute approximate surface area is 90.5 Å². The highest BCUT2D eigenvalue weighted by Gasteiger charge is 2.14. The van der Waals surface area contributed by atoms with E-state index in [-0.39, 0.29) is 10.7 Å². The maximum absolute atomic E-state index is 11.2. The third-order valence-electron chi connectivity index (χ3n) is 1.88. The van der Waals surface area contributed by atoms with Crippen LogP contribution in [0, 0.1) is 0 Å². The number of hydrogen-bond acceptors (Lipinski definition) is 3. The molecule has 0 unspecified atom stereocenters. The summed E-state index contributed by atoms with van der Waals surface area (Å²) in [5.41, 5.74) is 5.91. The number of rotatable bonds is 2. The van der Waals surface area contributed by atoms with Gasteiger partial charge >= 0.3 is 0 Å². The van der Waals surface area contributed by atoms with Gasteiger partial charge in [-0.15, -0.1) is 0 Å². The van der Waals surface area contributed by atoms with Gasteiger partial charge in [-0.3, -0.25) is 4.79 Å². The van der Waals surface area contributed by atoms with Crippen LogP contribution in [0.5, 0.6) is 0 Å². The molecule has 0 bridgehead atoms. The number of nitrogens with two attached hydrogens (primary N) is 1. The molecule has 0 saturated heterocycles. The van der Waals surface area contributed by atoms with Gasteiger partial charge in [0.25, 0.3) is 5.91 Å². The highest BCUT2D eigenvalue weighted by atomic mass is 35.5. The van der Waals surface area contributed by atoms with Crippen LogP contribution in [0.4, 0.5) is 0 Å². The summed E-state index contributed by atoms with van der Waals surface area (Å²) in [5.74, 6) is -0.626. The summed E-state index contributed by atoms with van der Waals surface area (Å²) in [4.78, 5) is 15.0. The van der Waals surface area contributed by atoms with E-state index >= 15 is 0 Å². The van der Waals surface area contributed by atoms with Gasteiger partial charge in [-0.2, -0.15) is 5.10 Å². The maximum atomic E-state index is 11.2. The standard InChI is InChI=1S/C9H7ClN4O/c10-8-7(9(11)15)6(2-4-12-8)14-5-1-3-13-14/h1-5H,(H2,11,15). The van der Waals surface area contributed by atoms with Gasteiger partial charge in [-0.1, -0.05) is 11.6 Å². The van der Waals surface area contributed by atoms with Gasteiger partial charge in [0.2, 0.25) is 0 Å². The lowest BCUT2D eigenvalue weighted by Gasteiger charge is -2.06. The molecule has 0 aliphatic rings. The topological polar surface area (TPSA) is 73.8 Å². The van der Waals surface area contributed by atoms with E-state index in [1.54, 1.807) is 24.5 Å². The van der Waals surface area contributed by atoms with E-state index in [4.69, 9.17) is 17.3 Å². The molecule has 0 fully saturated rings. The lowest BCUT2D eigenvalue weighted by atomic mass is 10.2. The van der Waals surface area contributed by atoms with Crippen molar-refractivity contribution in [3.05, 3.63) is 41.4 Å². The van der Waals surface area contributed by atoms with Crippen molar-refractivity contribution < 1.29 is 4.79 Å². The van der Waals surface area contributed by atoms with Crippen LogP contribution in [-0.2, 0) is 0 Å². The van der Waals surface area contributed by atoms with Crippen LogP contribution in [0.1, 0.15) is 10.4 Å². The third-order valence-corrected chi connectivity index (χ3v) is 2.17. The van der Waals surface area contributed by atoms with Gasteiger partial charge in [0, 0.05) is 18.6 Å². The first-order valence-electron chi connectivity index (χ1n) is 4.14. The van der Waals surface area contributed by atoms with Gasteiger partial charge in [-0.05, 0) is 12.1 Å². The monoisotopic (exact) mass is 222 g/mol. The highest BCUT2D eigenvalue weighted by Crippen LogP contribution is 2.19. The Kier molecular flexibility index (Phi) is 2.39. The van der Waals surface area contributed by atoms with E-state index in [1.165, 1.54) is 10.9 Å². The summed E-state index contributed by atoms with van der Waals surface area (Å²) >= 11 is 5.79. The molecule has 0 atom stereocenters. The Morgan fingerprint density at radius 1 is 1.47 bits per heavy atom. The molecule has 0 aliphatic heterocycles. The molecular weight excluding hydrogens is 216 g/mol. The Morgan fingerprint density at radius 2 is 2.27 bits per heavy atom. The first-order chi connectivity index (χ1) is 7.20. The molecule has 0 saturated carbocycles. The van der Waals surface area contributed by atoms with E-state index in [9.17, 15) is 4.79 Å². The Hall–Kier alpha value is -1.88. The molecule has 2 aromatic rings. The summed E-state index contributed by atoms with van der Waals surface area (Å²) in [6.07, 6.45) is 4.78. The SMILES string of the molecule is NC(=O)c1c(-n2cccn2)ccnc1Cl. The molecule has 5 nitrogen and oxygen atoms in total. The lowest BCUT2D eigenvalue weighted by Crippen LogP contribution is -2.16. The molecule has 15 heavy (non-hydrogen) atoms. The first-order valence-corrected chi connectivity index (χ1v) is 4.52.